The smallest absolute Gasteiger partial charge is 0.462 e. The fourth-order valence-corrected chi connectivity index (χ4v) is 2.80. The van der Waals surface area contributed by atoms with Gasteiger partial charge in [-0.15, -0.1) is 0 Å². The molecule has 9 nitrogen and oxygen atoms in total. The lowest BCUT2D eigenvalue weighted by molar-refractivity contribution is -0.160. The Balaban J connectivity index is 4.00. The van der Waals surface area contributed by atoms with E-state index in [1.807, 2.05) is 37.3 Å². The summed E-state index contributed by atoms with van der Waals surface area (Å²) in [5.41, 5.74) is 0. The summed E-state index contributed by atoms with van der Waals surface area (Å²) in [6.07, 6.45) is 22.9. The molecule has 198 valence electrons. The lowest BCUT2D eigenvalue weighted by Crippen LogP contribution is -2.29. The van der Waals surface area contributed by atoms with Crippen molar-refractivity contribution >= 4 is 19.8 Å². The standard InChI is InChI=1S/C25H39O9P/c1-3-23(27)18-16-14-12-10-8-6-4-5-7-9-11-13-15-17-19-25(28)34-24(20-32-22(2)26)21-33-35(29,30)31/h5-8,11-14,16,18,23-24,27H,3-4,9-10,15,17,19-21H2,1-2H3,(H2,29,30,31)/b7-5-,8-6-,13-11-,14-12-,18-16+/t23-,24-/m1/s1. The molecule has 0 heterocycles. The molecule has 0 bridgehead atoms. The molecule has 0 saturated carbocycles. The zero-order valence-corrected chi connectivity index (χ0v) is 21.4. The van der Waals surface area contributed by atoms with Gasteiger partial charge in [-0.05, 0) is 38.5 Å². The van der Waals surface area contributed by atoms with Crippen LogP contribution in [0.3, 0.4) is 0 Å². The van der Waals surface area contributed by atoms with Crippen LogP contribution in [-0.2, 0) is 28.2 Å². The predicted molar refractivity (Wildman–Crippen MR) is 134 cm³/mol. The van der Waals surface area contributed by atoms with Crippen molar-refractivity contribution < 1.29 is 43.0 Å². The molecule has 0 unspecified atom stereocenters. The second-order valence-electron chi connectivity index (χ2n) is 7.50. The molecule has 0 fully saturated rings. The maximum atomic E-state index is 11.9. The van der Waals surface area contributed by atoms with Crippen LogP contribution in [0.4, 0.5) is 0 Å². The minimum Gasteiger partial charge on any atom is -0.462 e. The first kappa shape index (κ1) is 32.7. The van der Waals surface area contributed by atoms with Gasteiger partial charge in [0, 0.05) is 13.3 Å². The van der Waals surface area contributed by atoms with Gasteiger partial charge in [0.05, 0.1) is 12.7 Å². The van der Waals surface area contributed by atoms with Crippen LogP contribution in [0.1, 0.15) is 58.8 Å². The third-order valence-electron chi connectivity index (χ3n) is 4.27. The molecule has 0 aromatic heterocycles. The van der Waals surface area contributed by atoms with Crippen LogP contribution >= 0.6 is 7.82 Å². The zero-order valence-electron chi connectivity index (χ0n) is 20.5. The van der Waals surface area contributed by atoms with E-state index in [1.165, 1.54) is 6.92 Å². The number of aliphatic hydroxyl groups excluding tert-OH is 1. The van der Waals surface area contributed by atoms with Gasteiger partial charge in [-0.1, -0.05) is 67.7 Å². The molecule has 0 aliphatic rings. The van der Waals surface area contributed by atoms with E-state index in [4.69, 9.17) is 19.3 Å². The van der Waals surface area contributed by atoms with E-state index in [0.29, 0.717) is 19.3 Å². The summed E-state index contributed by atoms with van der Waals surface area (Å²) in [6.45, 7) is 2.17. The Morgan fingerprint density at radius 2 is 1.51 bits per heavy atom. The van der Waals surface area contributed by atoms with E-state index >= 15 is 0 Å². The maximum absolute atomic E-state index is 11.9. The number of hydrogen-bond acceptors (Lipinski definition) is 7. The quantitative estimate of drug-likeness (QED) is 0.0749. The van der Waals surface area contributed by atoms with Gasteiger partial charge in [-0.2, -0.15) is 0 Å². The lowest BCUT2D eigenvalue weighted by Gasteiger charge is -2.17. The molecule has 0 amide bonds. The van der Waals surface area contributed by atoms with Crippen LogP contribution in [0.2, 0.25) is 0 Å². The minimum atomic E-state index is -4.73. The molecule has 0 aromatic carbocycles. The highest BCUT2D eigenvalue weighted by Crippen LogP contribution is 2.35. The van der Waals surface area contributed by atoms with Gasteiger partial charge in [-0.25, -0.2) is 4.57 Å². The van der Waals surface area contributed by atoms with Crippen molar-refractivity contribution in [2.45, 2.75) is 71.0 Å². The van der Waals surface area contributed by atoms with Gasteiger partial charge in [0.2, 0.25) is 0 Å². The van der Waals surface area contributed by atoms with Crippen molar-refractivity contribution in [1.82, 2.24) is 0 Å². The van der Waals surface area contributed by atoms with E-state index < -0.39 is 32.5 Å². The summed E-state index contributed by atoms with van der Waals surface area (Å²) in [6, 6.07) is 0. The van der Waals surface area contributed by atoms with Crippen LogP contribution in [-0.4, -0.2) is 52.3 Å². The number of phosphoric ester groups is 1. The van der Waals surface area contributed by atoms with Gasteiger partial charge in [0.25, 0.3) is 0 Å². The van der Waals surface area contributed by atoms with E-state index in [-0.39, 0.29) is 19.1 Å². The van der Waals surface area contributed by atoms with Crippen molar-refractivity contribution in [3.8, 4) is 0 Å². The predicted octanol–water partition coefficient (Wildman–Crippen LogP) is 4.46. The normalized spacial score (nSPS) is 14.5. The average Bonchev–Trinajstić information content (AvgIpc) is 2.79. The summed E-state index contributed by atoms with van der Waals surface area (Å²) >= 11 is 0. The molecule has 3 N–H and O–H groups in total. The van der Waals surface area contributed by atoms with Crippen LogP contribution in [0, 0.1) is 0 Å². The number of carbonyl (C=O) groups excluding carboxylic acids is 2. The molecule has 2 atom stereocenters. The van der Waals surface area contributed by atoms with E-state index in [0.717, 1.165) is 19.3 Å². The largest absolute Gasteiger partial charge is 0.469 e. The second-order valence-corrected chi connectivity index (χ2v) is 8.74. The summed E-state index contributed by atoms with van der Waals surface area (Å²) in [4.78, 5) is 40.4. The molecule has 0 aromatic rings. The first-order valence-electron chi connectivity index (χ1n) is 11.6. The lowest BCUT2D eigenvalue weighted by atomic mass is 10.2. The second kappa shape index (κ2) is 21.0. The van der Waals surface area contributed by atoms with Crippen molar-refractivity contribution in [3.05, 3.63) is 60.8 Å². The van der Waals surface area contributed by atoms with Gasteiger partial charge in [-0.3, -0.25) is 14.1 Å². The number of unbranched alkanes of at least 4 members (excludes halogenated alkanes) is 1. The Labute approximate surface area is 208 Å². The third kappa shape index (κ3) is 24.6. The van der Waals surface area contributed by atoms with E-state index in [9.17, 15) is 19.3 Å². The highest BCUT2D eigenvalue weighted by molar-refractivity contribution is 7.46. The highest BCUT2D eigenvalue weighted by atomic mass is 31.2. The first-order chi connectivity index (χ1) is 16.6. The number of ether oxygens (including phenoxy) is 2. The fourth-order valence-electron chi connectivity index (χ4n) is 2.44. The fraction of sp³-hybridized carbons (Fsp3) is 0.520. The molecule has 0 aliphatic carbocycles. The SMILES string of the molecule is CC[C@@H](O)/C=C/C=C\C/C=C\C/C=C\C/C=C\CCCC(=O)O[C@H](COC(C)=O)COP(=O)(O)O. The minimum absolute atomic E-state index is 0.112. The maximum Gasteiger partial charge on any atom is 0.469 e. The number of hydrogen-bond donors (Lipinski definition) is 3. The number of phosphoric acid groups is 1. The number of rotatable bonds is 19. The molecule has 0 radical (unpaired) electrons. The van der Waals surface area contributed by atoms with Gasteiger partial charge >= 0.3 is 19.8 Å². The van der Waals surface area contributed by atoms with Gasteiger partial charge < -0.3 is 24.4 Å². The van der Waals surface area contributed by atoms with Crippen LogP contribution in [0.25, 0.3) is 0 Å². The summed E-state index contributed by atoms with van der Waals surface area (Å²) < 4.78 is 25.0. The molecule has 35 heavy (non-hydrogen) atoms. The highest BCUT2D eigenvalue weighted by Gasteiger charge is 2.22. The Kier molecular flexibility index (Phi) is 19.7. The molecular formula is C25H39O9P. The summed E-state index contributed by atoms with van der Waals surface area (Å²) in [7, 11) is -4.73. The Bertz CT molecular complexity index is 778. The number of allylic oxidation sites excluding steroid dienone is 9. The number of esters is 2. The molecular weight excluding hydrogens is 475 g/mol. The molecule has 0 saturated heterocycles. The van der Waals surface area contributed by atoms with Crippen molar-refractivity contribution in [3.63, 3.8) is 0 Å². The first-order valence-corrected chi connectivity index (χ1v) is 13.2. The molecule has 10 heteroatoms. The Hall–Kier alpha value is -2.29. The third-order valence-corrected chi connectivity index (χ3v) is 4.75. The summed E-state index contributed by atoms with van der Waals surface area (Å²) in [5, 5.41) is 9.38. The molecule has 0 aliphatic heterocycles. The number of aliphatic hydroxyl groups is 1. The van der Waals surface area contributed by atoms with Crippen molar-refractivity contribution in [2.75, 3.05) is 13.2 Å². The van der Waals surface area contributed by atoms with Crippen LogP contribution in [0.5, 0.6) is 0 Å². The Morgan fingerprint density at radius 3 is 2.09 bits per heavy atom. The van der Waals surface area contributed by atoms with E-state index in [1.54, 1.807) is 6.08 Å². The average molecular weight is 515 g/mol. The number of carbonyl (C=O) groups is 2. The van der Waals surface area contributed by atoms with Gasteiger partial charge in [0.15, 0.2) is 6.10 Å². The Morgan fingerprint density at radius 1 is 0.914 bits per heavy atom. The molecule has 0 spiro atoms. The van der Waals surface area contributed by atoms with Crippen LogP contribution in [0.15, 0.2) is 60.8 Å². The van der Waals surface area contributed by atoms with Crippen LogP contribution < -0.4 is 0 Å². The van der Waals surface area contributed by atoms with Gasteiger partial charge in [0.1, 0.15) is 6.61 Å². The van der Waals surface area contributed by atoms with Crippen molar-refractivity contribution in [1.29, 1.82) is 0 Å². The van der Waals surface area contributed by atoms with Crippen molar-refractivity contribution in [2.24, 2.45) is 0 Å². The molecule has 0 rings (SSSR count). The topological polar surface area (TPSA) is 140 Å². The van der Waals surface area contributed by atoms with E-state index in [2.05, 4.69) is 28.8 Å². The summed E-state index contributed by atoms with van der Waals surface area (Å²) in [5.74, 6) is -1.18. The monoisotopic (exact) mass is 514 g/mol. The zero-order chi connectivity index (χ0) is 26.4.